The van der Waals surface area contributed by atoms with Gasteiger partial charge < -0.3 is 19.5 Å². The van der Waals surface area contributed by atoms with E-state index in [0.29, 0.717) is 44.4 Å². The Labute approximate surface area is 303 Å². The average Bonchev–Trinajstić information content (AvgIpc) is 3.59. The van der Waals surface area contributed by atoms with Gasteiger partial charge in [-0.3, -0.25) is 37.8 Å². The number of ether oxygens (including phenoxy) is 3. The largest absolute Gasteiger partial charge is 0.495 e. The maximum Gasteiger partial charge on any atom is 0.332 e. The highest BCUT2D eigenvalue weighted by Crippen LogP contribution is 2.37. The monoisotopic (exact) mass is 750 g/mol. The highest BCUT2D eigenvalue weighted by Gasteiger charge is 2.36. The van der Waals surface area contributed by atoms with Gasteiger partial charge in [-0.05, 0) is 65.4 Å². The number of hydrogen-bond acceptors (Lipinski definition) is 10. The molecule has 0 radical (unpaired) electrons. The molecule has 0 saturated carbocycles. The van der Waals surface area contributed by atoms with Gasteiger partial charge in [0.25, 0.3) is 16.7 Å². The summed E-state index contributed by atoms with van der Waals surface area (Å²) in [5.74, 6) is -0.366. The van der Waals surface area contributed by atoms with Crippen molar-refractivity contribution >= 4 is 74.9 Å². The van der Waals surface area contributed by atoms with Crippen molar-refractivity contribution in [2.45, 2.75) is 6.54 Å². The maximum absolute atomic E-state index is 13.4. The molecule has 0 bridgehead atoms. The van der Waals surface area contributed by atoms with Crippen LogP contribution in [-0.4, -0.2) is 61.4 Å². The predicted octanol–water partition coefficient (Wildman–Crippen LogP) is 5.27. The number of thioether (sulfide) groups is 1. The van der Waals surface area contributed by atoms with Crippen LogP contribution in [0.4, 0.5) is 10.5 Å². The van der Waals surface area contributed by atoms with Gasteiger partial charge in [-0.1, -0.05) is 47.5 Å². The molecule has 0 atom stereocenters. The number of carbonyl (C=O) groups excluding carboxylic acids is 3. The fourth-order valence-corrected chi connectivity index (χ4v) is 6.60. The summed E-state index contributed by atoms with van der Waals surface area (Å²) < 4.78 is 20.7. The van der Waals surface area contributed by atoms with E-state index in [9.17, 15) is 24.0 Å². The summed E-state index contributed by atoms with van der Waals surface area (Å²) >= 11 is 13.3. The summed E-state index contributed by atoms with van der Waals surface area (Å²) in [7, 11) is 5.73. The number of rotatable bonds is 10. The van der Waals surface area contributed by atoms with Crippen LogP contribution in [0.5, 0.6) is 23.3 Å². The number of imidazole rings is 1. The molecular weight excluding hydrogens is 723 g/mol. The van der Waals surface area contributed by atoms with Crippen molar-refractivity contribution in [2.24, 2.45) is 14.1 Å². The third kappa shape index (κ3) is 6.95. The molecule has 1 aliphatic heterocycles. The Balaban J connectivity index is 1.28. The second-order valence-electron chi connectivity index (χ2n) is 11.1. The van der Waals surface area contributed by atoms with E-state index in [-0.39, 0.29) is 40.1 Å². The number of carbonyl (C=O) groups is 3. The first kappa shape index (κ1) is 35.3. The molecule has 0 aliphatic carbocycles. The molecule has 6 rings (SSSR count). The number of nitrogens with zero attached hydrogens (tertiary/aromatic N) is 5. The van der Waals surface area contributed by atoms with Crippen LogP contribution < -0.4 is 30.8 Å². The Morgan fingerprint density at radius 1 is 0.922 bits per heavy atom. The number of aryl methyl sites for hydroxylation is 1. The van der Waals surface area contributed by atoms with Crippen molar-refractivity contribution in [2.75, 3.05) is 26.1 Å². The molecule has 3 amide bonds. The number of aromatic nitrogens is 4. The Kier molecular flexibility index (Phi) is 9.96. The second-order valence-corrected chi connectivity index (χ2v) is 13.0. The van der Waals surface area contributed by atoms with E-state index in [0.717, 1.165) is 9.47 Å². The summed E-state index contributed by atoms with van der Waals surface area (Å²) in [4.78, 5) is 70.2. The number of imide groups is 1. The summed E-state index contributed by atoms with van der Waals surface area (Å²) in [6.07, 6.45) is 1.49. The number of anilines is 1. The smallest absolute Gasteiger partial charge is 0.332 e. The Morgan fingerprint density at radius 2 is 1.67 bits per heavy atom. The van der Waals surface area contributed by atoms with Gasteiger partial charge in [0.15, 0.2) is 22.7 Å². The Bertz CT molecular complexity index is 2400. The minimum atomic E-state index is -0.638. The lowest BCUT2D eigenvalue weighted by atomic mass is 10.2. The zero-order valence-corrected chi connectivity index (χ0v) is 29.8. The molecule has 1 fully saturated rings. The van der Waals surface area contributed by atoms with Crippen molar-refractivity contribution in [3.05, 3.63) is 108 Å². The van der Waals surface area contributed by atoms with Gasteiger partial charge in [0.1, 0.15) is 12.3 Å². The molecule has 3 heterocycles. The molecule has 2 aromatic heterocycles. The van der Waals surface area contributed by atoms with Crippen LogP contribution in [0.25, 0.3) is 17.2 Å². The quantitative estimate of drug-likeness (QED) is 0.187. The normalized spacial score (nSPS) is 13.7. The fourth-order valence-electron chi connectivity index (χ4n) is 5.30. The van der Waals surface area contributed by atoms with E-state index in [1.807, 2.05) is 0 Å². The molecule has 5 aromatic rings. The van der Waals surface area contributed by atoms with Crippen LogP contribution in [0.1, 0.15) is 11.1 Å². The van der Waals surface area contributed by atoms with Gasteiger partial charge in [0, 0.05) is 24.1 Å². The highest BCUT2D eigenvalue weighted by atomic mass is 35.5. The first-order valence-electron chi connectivity index (χ1n) is 15.0. The maximum atomic E-state index is 13.4. The van der Waals surface area contributed by atoms with Crippen molar-refractivity contribution in [1.82, 2.24) is 23.6 Å². The minimum absolute atomic E-state index is 0.0344. The molecule has 0 unspecified atom stereocenters. The number of halogens is 2. The van der Waals surface area contributed by atoms with E-state index in [1.54, 1.807) is 60.7 Å². The average molecular weight is 752 g/mol. The third-order valence-electron chi connectivity index (χ3n) is 7.90. The predicted molar refractivity (Wildman–Crippen MR) is 193 cm³/mol. The molecule has 3 aromatic carbocycles. The van der Waals surface area contributed by atoms with Crippen LogP contribution in [0, 0.1) is 0 Å². The van der Waals surface area contributed by atoms with Gasteiger partial charge >= 0.3 is 11.7 Å². The third-order valence-corrected chi connectivity index (χ3v) is 9.39. The number of amides is 3. The van der Waals surface area contributed by atoms with Crippen LogP contribution in [0.15, 0.2) is 75.2 Å². The number of benzene rings is 3. The number of para-hydroxylation sites is 2. The van der Waals surface area contributed by atoms with Crippen LogP contribution in [0.2, 0.25) is 10.0 Å². The summed E-state index contributed by atoms with van der Waals surface area (Å²) in [5, 5.41) is 2.83. The van der Waals surface area contributed by atoms with Crippen molar-refractivity contribution in [1.29, 1.82) is 0 Å². The minimum Gasteiger partial charge on any atom is -0.495 e. The van der Waals surface area contributed by atoms with Gasteiger partial charge in [-0.15, -0.1) is 0 Å². The summed E-state index contributed by atoms with van der Waals surface area (Å²) in [6.45, 7) is -0.449. The second kappa shape index (κ2) is 14.4. The zero-order valence-electron chi connectivity index (χ0n) is 27.4. The molecule has 262 valence electrons. The molecule has 0 spiro atoms. The number of nitrogens with one attached hydrogen (secondary N) is 1. The molecule has 14 nitrogen and oxygen atoms in total. The van der Waals surface area contributed by atoms with E-state index in [4.69, 9.17) is 37.4 Å². The van der Waals surface area contributed by atoms with Crippen molar-refractivity contribution in [3.63, 3.8) is 0 Å². The topological polar surface area (TPSA) is 156 Å². The summed E-state index contributed by atoms with van der Waals surface area (Å²) in [6, 6.07) is 16.4. The van der Waals surface area contributed by atoms with E-state index < -0.39 is 34.8 Å². The molecular formula is C34H28Cl2N6O8S. The number of methoxy groups -OCH3 is 2. The lowest BCUT2D eigenvalue weighted by Gasteiger charge is -2.14. The molecule has 1 saturated heterocycles. The summed E-state index contributed by atoms with van der Waals surface area (Å²) in [5.41, 5.74) is 0.522. The van der Waals surface area contributed by atoms with E-state index >= 15 is 0 Å². The standard InChI is InChI=1S/C34H28Cl2N6O8S/c1-39-29-28(31(45)40(2)33(39)46)41(16-19-10-11-20(35)15-21(19)36)32(38-29)50-24-12-9-18(13-25(24)49-4)14-26-30(44)42(34(47)51-26)17-27(43)37-22-7-5-6-8-23(22)48-3/h5-15H,16-17H2,1-4H3,(H,37,43). The van der Waals surface area contributed by atoms with Gasteiger partial charge in [-0.2, -0.15) is 4.98 Å². The Morgan fingerprint density at radius 3 is 2.39 bits per heavy atom. The van der Waals surface area contributed by atoms with Crippen molar-refractivity contribution < 1.29 is 28.6 Å². The Hall–Kier alpha value is -5.51. The molecule has 51 heavy (non-hydrogen) atoms. The lowest BCUT2D eigenvalue weighted by molar-refractivity contribution is -0.127. The van der Waals surface area contributed by atoms with Crippen LogP contribution in [-0.2, 0) is 30.2 Å². The van der Waals surface area contributed by atoms with Crippen LogP contribution in [0.3, 0.4) is 0 Å². The number of hydrogen-bond donors (Lipinski definition) is 1. The van der Waals surface area contributed by atoms with Gasteiger partial charge in [0.05, 0.1) is 31.4 Å². The molecule has 1 N–H and O–H groups in total. The molecule has 1 aliphatic rings. The number of fused-ring (bicyclic) bond motifs is 1. The molecule has 17 heteroatoms. The highest BCUT2D eigenvalue weighted by molar-refractivity contribution is 8.18. The van der Waals surface area contributed by atoms with Crippen LogP contribution >= 0.6 is 35.0 Å². The van der Waals surface area contributed by atoms with Gasteiger partial charge in [-0.25, -0.2) is 4.79 Å². The SMILES string of the molecule is COc1ccccc1NC(=O)CN1C(=O)SC(=Cc2ccc(Oc3nc4c(c(=O)n(C)c(=O)n4C)n3Cc3ccc(Cl)cc3Cl)c(OC)c2)C1=O. The zero-order chi connectivity index (χ0) is 36.6. The lowest BCUT2D eigenvalue weighted by Crippen LogP contribution is -2.37. The first-order valence-corrected chi connectivity index (χ1v) is 16.6. The fraction of sp³-hybridized carbons (Fsp3) is 0.176. The first-order chi connectivity index (χ1) is 24.4. The van der Waals surface area contributed by atoms with E-state index in [2.05, 4.69) is 10.3 Å². The van der Waals surface area contributed by atoms with Gasteiger partial charge in [0.2, 0.25) is 5.91 Å². The van der Waals surface area contributed by atoms with Crippen molar-refractivity contribution in [3.8, 4) is 23.3 Å². The van der Waals surface area contributed by atoms with E-state index in [1.165, 1.54) is 43.5 Å².